The maximum absolute atomic E-state index is 9.67. The first-order chi connectivity index (χ1) is 10.8. The van der Waals surface area contributed by atoms with Crippen LogP contribution in [0.25, 0.3) is 0 Å². The zero-order chi connectivity index (χ0) is 15.6. The van der Waals surface area contributed by atoms with E-state index in [1.165, 1.54) is 57.8 Å². The fraction of sp³-hybridized carbons (Fsp3) is 1.00. The van der Waals surface area contributed by atoms with Gasteiger partial charge in [-0.2, -0.15) is 0 Å². The summed E-state index contributed by atoms with van der Waals surface area (Å²) in [4.78, 5) is 0. The smallest absolute Gasteiger partial charge is 0.115 e. The van der Waals surface area contributed by atoms with E-state index in [1.54, 1.807) is 0 Å². The van der Waals surface area contributed by atoms with Crippen LogP contribution in [0.5, 0.6) is 0 Å². The Morgan fingerprint density at radius 2 is 1.41 bits per heavy atom. The Morgan fingerprint density at radius 3 is 2.09 bits per heavy atom. The summed E-state index contributed by atoms with van der Waals surface area (Å²) in [5, 5.41) is 9.67. The van der Waals surface area contributed by atoms with E-state index in [0.717, 1.165) is 13.0 Å². The molecule has 0 spiro atoms. The van der Waals surface area contributed by atoms with E-state index in [1.807, 2.05) is 0 Å². The number of fused-ring (bicyclic) bond motifs is 1. The van der Waals surface area contributed by atoms with Crippen LogP contribution in [0, 0.1) is 0 Å². The molecule has 4 nitrogen and oxygen atoms in total. The molecule has 0 radical (unpaired) electrons. The van der Waals surface area contributed by atoms with Gasteiger partial charge in [0, 0.05) is 6.61 Å². The molecule has 0 saturated carbocycles. The van der Waals surface area contributed by atoms with Gasteiger partial charge in [-0.3, -0.25) is 0 Å². The van der Waals surface area contributed by atoms with E-state index in [-0.39, 0.29) is 18.3 Å². The second kappa shape index (κ2) is 10.6. The first kappa shape index (κ1) is 18.2. The Morgan fingerprint density at radius 1 is 0.818 bits per heavy atom. The third kappa shape index (κ3) is 5.80. The molecule has 0 bridgehead atoms. The Labute approximate surface area is 135 Å². The average Bonchev–Trinajstić information content (AvgIpc) is 3.09. The van der Waals surface area contributed by atoms with Crippen LogP contribution in [-0.2, 0) is 14.2 Å². The van der Waals surface area contributed by atoms with Crippen molar-refractivity contribution in [3.8, 4) is 0 Å². The number of hydrogen-bond acceptors (Lipinski definition) is 4. The molecule has 2 saturated heterocycles. The topological polar surface area (TPSA) is 47.9 Å². The Kier molecular flexibility index (Phi) is 8.75. The third-order valence-corrected chi connectivity index (χ3v) is 4.81. The molecule has 22 heavy (non-hydrogen) atoms. The summed E-state index contributed by atoms with van der Waals surface area (Å²) in [6, 6.07) is 0. The summed E-state index contributed by atoms with van der Waals surface area (Å²) >= 11 is 0. The van der Waals surface area contributed by atoms with E-state index in [0.29, 0.717) is 13.2 Å². The third-order valence-electron chi connectivity index (χ3n) is 4.81. The normalized spacial score (nSPS) is 30.8. The first-order valence-electron chi connectivity index (χ1n) is 9.35. The highest BCUT2D eigenvalue weighted by atomic mass is 16.6. The highest BCUT2D eigenvalue weighted by Gasteiger charge is 2.47. The first-order valence-corrected chi connectivity index (χ1v) is 9.35. The van der Waals surface area contributed by atoms with Crippen molar-refractivity contribution in [3.63, 3.8) is 0 Å². The fourth-order valence-electron chi connectivity index (χ4n) is 3.41. The predicted octanol–water partition coefficient (Wildman–Crippen LogP) is 3.45. The van der Waals surface area contributed by atoms with Gasteiger partial charge in [0.1, 0.15) is 24.4 Å². The quantitative estimate of drug-likeness (QED) is 0.561. The predicted molar refractivity (Wildman–Crippen MR) is 87.1 cm³/mol. The molecule has 4 atom stereocenters. The van der Waals surface area contributed by atoms with Gasteiger partial charge in [0.2, 0.25) is 0 Å². The highest BCUT2D eigenvalue weighted by Crippen LogP contribution is 2.28. The number of aliphatic hydroxyl groups excluding tert-OH is 1. The lowest BCUT2D eigenvalue weighted by Crippen LogP contribution is -2.33. The van der Waals surface area contributed by atoms with Gasteiger partial charge in [0.15, 0.2) is 0 Å². The Hall–Kier alpha value is -0.160. The summed E-state index contributed by atoms with van der Waals surface area (Å²) in [5.41, 5.74) is 0. The zero-order valence-corrected chi connectivity index (χ0v) is 14.2. The highest BCUT2D eigenvalue weighted by molar-refractivity contribution is 4.94. The molecule has 0 aromatic heterocycles. The lowest BCUT2D eigenvalue weighted by molar-refractivity contribution is -0.0378. The van der Waals surface area contributed by atoms with Crippen LogP contribution in [0.4, 0.5) is 0 Å². The van der Waals surface area contributed by atoms with Crippen LogP contribution in [0.1, 0.15) is 71.1 Å². The molecule has 0 aromatic carbocycles. The molecular weight excluding hydrogens is 280 g/mol. The lowest BCUT2D eigenvalue weighted by Gasteiger charge is -2.16. The van der Waals surface area contributed by atoms with Crippen LogP contribution in [-0.4, -0.2) is 49.3 Å². The van der Waals surface area contributed by atoms with Crippen molar-refractivity contribution in [2.45, 2.75) is 95.5 Å². The van der Waals surface area contributed by atoms with Crippen LogP contribution >= 0.6 is 0 Å². The monoisotopic (exact) mass is 314 g/mol. The van der Waals surface area contributed by atoms with Crippen molar-refractivity contribution in [2.24, 2.45) is 0 Å². The molecule has 0 aromatic rings. The van der Waals surface area contributed by atoms with E-state index in [4.69, 9.17) is 14.2 Å². The number of rotatable bonds is 12. The summed E-state index contributed by atoms with van der Waals surface area (Å²) < 4.78 is 17.0. The zero-order valence-electron chi connectivity index (χ0n) is 14.2. The van der Waals surface area contributed by atoms with Gasteiger partial charge >= 0.3 is 0 Å². The molecule has 2 aliphatic heterocycles. The molecule has 4 heteroatoms. The van der Waals surface area contributed by atoms with Crippen molar-refractivity contribution >= 4 is 0 Å². The molecule has 2 aliphatic rings. The van der Waals surface area contributed by atoms with E-state index >= 15 is 0 Å². The van der Waals surface area contributed by atoms with Gasteiger partial charge in [-0.1, -0.05) is 64.7 Å². The maximum Gasteiger partial charge on any atom is 0.115 e. The molecular formula is C18H34O4. The van der Waals surface area contributed by atoms with Crippen molar-refractivity contribution in [3.05, 3.63) is 0 Å². The number of unbranched alkanes of at least 4 members (excludes halogenated alkanes) is 9. The SMILES string of the molecule is CCCCCCCCCCCCO[C@H]1CO[C@H]2[C@@H]1OC[C@@H]2O. The minimum Gasteiger partial charge on any atom is -0.388 e. The molecule has 0 amide bonds. The van der Waals surface area contributed by atoms with Gasteiger partial charge in [-0.05, 0) is 6.42 Å². The summed E-state index contributed by atoms with van der Waals surface area (Å²) in [7, 11) is 0. The van der Waals surface area contributed by atoms with Gasteiger partial charge in [0.05, 0.1) is 13.2 Å². The van der Waals surface area contributed by atoms with Crippen molar-refractivity contribution < 1.29 is 19.3 Å². The van der Waals surface area contributed by atoms with Crippen LogP contribution in [0.3, 0.4) is 0 Å². The number of aliphatic hydroxyl groups is 1. The fourth-order valence-corrected chi connectivity index (χ4v) is 3.41. The molecule has 2 rings (SSSR count). The maximum atomic E-state index is 9.67. The van der Waals surface area contributed by atoms with Crippen molar-refractivity contribution in [1.82, 2.24) is 0 Å². The second-order valence-corrected chi connectivity index (χ2v) is 6.75. The molecule has 1 N–H and O–H groups in total. The minimum atomic E-state index is -0.476. The number of ether oxygens (including phenoxy) is 3. The van der Waals surface area contributed by atoms with Crippen LogP contribution in [0.2, 0.25) is 0 Å². The van der Waals surface area contributed by atoms with Crippen LogP contribution in [0.15, 0.2) is 0 Å². The summed E-state index contributed by atoms with van der Waals surface area (Å²) in [6.07, 6.45) is 12.7. The minimum absolute atomic E-state index is 0.0146. The summed E-state index contributed by atoms with van der Waals surface area (Å²) in [6.45, 7) is 3.99. The molecule has 130 valence electrons. The van der Waals surface area contributed by atoms with E-state index in [2.05, 4.69) is 6.92 Å². The van der Waals surface area contributed by atoms with E-state index < -0.39 is 6.10 Å². The van der Waals surface area contributed by atoms with Crippen molar-refractivity contribution in [2.75, 3.05) is 19.8 Å². The average molecular weight is 314 g/mol. The number of hydrogen-bond donors (Lipinski definition) is 1. The molecule has 2 heterocycles. The molecule has 0 aliphatic carbocycles. The standard InChI is InChI=1S/C18H34O4/c1-2-3-4-5-6-7-8-9-10-11-12-20-16-14-22-17-15(19)13-21-18(16)17/h15-19H,2-14H2,1H3/t15-,16-,17+,18+/m0/s1. The summed E-state index contributed by atoms with van der Waals surface area (Å²) in [5.74, 6) is 0. The lowest BCUT2D eigenvalue weighted by atomic mass is 10.1. The second-order valence-electron chi connectivity index (χ2n) is 6.75. The molecule has 2 fully saturated rings. The van der Waals surface area contributed by atoms with Gasteiger partial charge in [0.25, 0.3) is 0 Å². The van der Waals surface area contributed by atoms with Crippen LogP contribution < -0.4 is 0 Å². The van der Waals surface area contributed by atoms with Gasteiger partial charge in [-0.25, -0.2) is 0 Å². The van der Waals surface area contributed by atoms with E-state index in [9.17, 15) is 5.11 Å². The largest absolute Gasteiger partial charge is 0.388 e. The molecule has 0 unspecified atom stereocenters. The Balaban J connectivity index is 1.38. The van der Waals surface area contributed by atoms with Gasteiger partial charge in [-0.15, -0.1) is 0 Å². The Bertz CT molecular complexity index is 284. The van der Waals surface area contributed by atoms with Gasteiger partial charge < -0.3 is 19.3 Å². The van der Waals surface area contributed by atoms with Crippen molar-refractivity contribution in [1.29, 1.82) is 0 Å².